The number of carboxylic acid groups (broad SMARTS) is 1. The summed E-state index contributed by atoms with van der Waals surface area (Å²) in [5.41, 5.74) is 0. The summed E-state index contributed by atoms with van der Waals surface area (Å²) in [6, 6.07) is 0. The van der Waals surface area contributed by atoms with E-state index in [1.54, 1.807) is 0 Å². The van der Waals surface area contributed by atoms with E-state index >= 15 is 0 Å². The summed E-state index contributed by atoms with van der Waals surface area (Å²) < 4.78 is 0. The van der Waals surface area contributed by atoms with Crippen molar-refractivity contribution >= 4 is 5.97 Å². The zero-order valence-electron chi connectivity index (χ0n) is 6.45. The molecule has 1 aliphatic rings. The molecule has 1 heterocycles. The Morgan fingerprint density at radius 2 is 2.18 bits per heavy atom. The molecule has 4 nitrogen and oxygen atoms in total. The van der Waals surface area contributed by atoms with Crippen LogP contribution < -0.4 is 0 Å². The number of carboxylic acids is 1. The summed E-state index contributed by atoms with van der Waals surface area (Å²) in [5, 5.41) is 8.72. The van der Waals surface area contributed by atoms with Crippen LogP contribution in [0.4, 0.5) is 0 Å². The molecule has 0 aromatic carbocycles. The van der Waals surface area contributed by atoms with E-state index in [0.717, 1.165) is 0 Å². The number of aliphatic carboxylic acids is 1. The second-order valence-corrected chi connectivity index (χ2v) is 2.68. The minimum Gasteiger partial charge on any atom is -0.481 e. The van der Waals surface area contributed by atoms with E-state index in [1.807, 2.05) is 6.92 Å². The van der Waals surface area contributed by atoms with Crippen LogP contribution >= 0.6 is 0 Å². The minimum absolute atomic E-state index is 0.0255. The fourth-order valence-electron chi connectivity index (χ4n) is 1.26. The first-order chi connectivity index (χ1) is 5.25. The van der Waals surface area contributed by atoms with E-state index in [1.165, 1.54) is 0 Å². The van der Waals surface area contributed by atoms with Gasteiger partial charge in [-0.25, -0.2) is 9.78 Å². The van der Waals surface area contributed by atoms with Crippen LogP contribution in [0.25, 0.3) is 0 Å². The van der Waals surface area contributed by atoms with Crippen LogP contribution in [0.1, 0.15) is 13.3 Å². The minimum atomic E-state index is -0.758. The molecule has 1 N–H and O–H groups in total. The van der Waals surface area contributed by atoms with Crippen molar-refractivity contribution in [3.8, 4) is 0 Å². The van der Waals surface area contributed by atoms with E-state index in [0.29, 0.717) is 19.6 Å². The molecule has 1 atom stereocenters. The predicted octanol–water partition coefficient (Wildman–Crippen LogP) is 0.675. The lowest BCUT2D eigenvalue weighted by atomic mass is 9.92. The molecule has 0 aromatic rings. The maximum Gasteiger partial charge on any atom is 0.306 e. The maximum atomic E-state index is 10.6. The van der Waals surface area contributed by atoms with Crippen LogP contribution in [0.5, 0.6) is 0 Å². The van der Waals surface area contributed by atoms with E-state index < -0.39 is 5.97 Å². The third-order valence-corrected chi connectivity index (χ3v) is 1.97. The van der Waals surface area contributed by atoms with Crippen molar-refractivity contribution < 1.29 is 19.7 Å². The second-order valence-electron chi connectivity index (χ2n) is 2.68. The first-order valence-electron chi connectivity index (χ1n) is 3.73. The van der Waals surface area contributed by atoms with Crippen molar-refractivity contribution in [2.75, 3.05) is 13.2 Å². The van der Waals surface area contributed by atoms with Gasteiger partial charge in [-0.3, -0.25) is 4.79 Å². The molecule has 1 rings (SSSR count). The smallest absolute Gasteiger partial charge is 0.306 e. The molecule has 0 aliphatic carbocycles. The lowest BCUT2D eigenvalue weighted by Gasteiger charge is -2.13. The molecule has 0 radical (unpaired) electrons. The number of rotatable bonds is 3. The third kappa shape index (κ3) is 1.91. The van der Waals surface area contributed by atoms with Gasteiger partial charge >= 0.3 is 5.97 Å². The van der Waals surface area contributed by atoms with Crippen molar-refractivity contribution in [1.82, 2.24) is 0 Å². The summed E-state index contributed by atoms with van der Waals surface area (Å²) in [7, 11) is 0. The highest BCUT2D eigenvalue weighted by atomic mass is 17.2. The van der Waals surface area contributed by atoms with Crippen LogP contribution in [-0.2, 0) is 14.6 Å². The molecule has 0 aromatic heterocycles. The van der Waals surface area contributed by atoms with Gasteiger partial charge in [0.2, 0.25) is 0 Å². The Balaban J connectivity index is 2.46. The fraction of sp³-hybridized carbons (Fsp3) is 0.857. The van der Waals surface area contributed by atoms with Crippen LogP contribution in [0.2, 0.25) is 0 Å². The number of hydrogen-bond acceptors (Lipinski definition) is 3. The van der Waals surface area contributed by atoms with Crippen molar-refractivity contribution in [3.63, 3.8) is 0 Å². The highest BCUT2D eigenvalue weighted by Crippen LogP contribution is 2.21. The zero-order valence-corrected chi connectivity index (χ0v) is 6.45. The Kier molecular flexibility index (Phi) is 2.84. The van der Waals surface area contributed by atoms with Gasteiger partial charge in [0.25, 0.3) is 0 Å². The maximum absolute atomic E-state index is 10.6. The van der Waals surface area contributed by atoms with Gasteiger partial charge in [0.1, 0.15) is 0 Å². The zero-order chi connectivity index (χ0) is 8.27. The molecule has 0 saturated carbocycles. The van der Waals surface area contributed by atoms with Crippen molar-refractivity contribution in [2.24, 2.45) is 11.8 Å². The lowest BCUT2D eigenvalue weighted by Crippen LogP contribution is -2.25. The van der Waals surface area contributed by atoms with E-state index in [4.69, 9.17) is 5.11 Å². The Bertz CT molecular complexity index is 139. The molecule has 0 bridgehead atoms. The molecular formula is C7H12O4. The monoisotopic (exact) mass is 160 g/mol. The number of carbonyl (C=O) groups is 1. The normalized spacial score (nSPS) is 21.9. The van der Waals surface area contributed by atoms with Gasteiger partial charge in [-0.2, -0.15) is 0 Å². The van der Waals surface area contributed by atoms with Gasteiger partial charge in [0, 0.05) is 5.92 Å². The summed E-state index contributed by atoms with van der Waals surface area (Å²) in [6.45, 7) is 2.67. The molecule has 1 fully saturated rings. The van der Waals surface area contributed by atoms with Crippen LogP contribution in [0.3, 0.4) is 0 Å². The average Bonchev–Trinajstić information content (AvgIpc) is 2.40. The molecule has 1 unspecified atom stereocenters. The summed E-state index contributed by atoms with van der Waals surface area (Å²) in [6.07, 6.45) is 0.632. The fourth-order valence-corrected chi connectivity index (χ4v) is 1.26. The Hall–Kier alpha value is -0.610. The Morgan fingerprint density at radius 3 is 2.55 bits per heavy atom. The Labute approximate surface area is 65.0 Å². The molecule has 0 amide bonds. The van der Waals surface area contributed by atoms with E-state index in [-0.39, 0.29) is 11.8 Å². The third-order valence-electron chi connectivity index (χ3n) is 1.97. The van der Waals surface area contributed by atoms with Crippen molar-refractivity contribution in [3.05, 3.63) is 0 Å². The van der Waals surface area contributed by atoms with Crippen LogP contribution in [0.15, 0.2) is 0 Å². The quantitative estimate of drug-likeness (QED) is 0.616. The largest absolute Gasteiger partial charge is 0.481 e. The van der Waals surface area contributed by atoms with Crippen molar-refractivity contribution in [1.29, 1.82) is 0 Å². The van der Waals surface area contributed by atoms with Gasteiger partial charge in [-0.05, 0) is 6.42 Å². The average molecular weight is 160 g/mol. The van der Waals surface area contributed by atoms with Crippen LogP contribution in [0, 0.1) is 11.8 Å². The molecule has 64 valence electrons. The first kappa shape index (κ1) is 8.49. The molecule has 11 heavy (non-hydrogen) atoms. The van der Waals surface area contributed by atoms with Gasteiger partial charge in [0.15, 0.2) is 0 Å². The molecule has 1 saturated heterocycles. The van der Waals surface area contributed by atoms with Gasteiger partial charge < -0.3 is 5.11 Å². The second kappa shape index (κ2) is 3.69. The van der Waals surface area contributed by atoms with Gasteiger partial charge in [-0.1, -0.05) is 6.92 Å². The molecule has 0 spiro atoms. The first-order valence-corrected chi connectivity index (χ1v) is 3.73. The van der Waals surface area contributed by atoms with E-state index in [2.05, 4.69) is 9.78 Å². The molecular weight excluding hydrogens is 148 g/mol. The highest BCUT2D eigenvalue weighted by Gasteiger charge is 2.30. The van der Waals surface area contributed by atoms with Crippen LogP contribution in [-0.4, -0.2) is 24.3 Å². The SMILES string of the molecule is CCC(C(=O)O)C1COOC1. The summed E-state index contributed by atoms with van der Waals surface area (Å²) >= 11 is 0. The standard InChI is InChI=1S/C7H12O4/c1-2-6(7(8)9)5-3-10-11-4-5/h5-6H,2-4H2,1H3,(H,8,9). The lowest BCUT2D eigenvalue weighted by molar-refractivity contribution is -0.248. The molecule has 1 aliphatic heterocycles. The predicted molar refractivity (Wildman–Crippen MR) is 36.8 cm³/mol. The highest BCUT2D eigenvalue weighted by molar-refractivity contribution is 5.70. The van der Waals surface area contributed by atoms with Gasteiger partial charge in [0.05, 0.1) is 19.1 Å². The van der Waals surface area contributed by atoms with E-state index in [9.17, 15) is 4.79 Å². The van der Waals surface area contributed by atoms with Crippen molar-refractivity contribution in [2.45, 2.75) is 13.3 Å². The topological polar surface area (TPSA) is 55.8 Å². The molecule has 4 heteroatoms. The van der Waals surface area contributed by atoms with Gasteiger partial charge in [-0.15, -0.1) is 0 Å². The Morgan fingerprint density at radius 1 is 1.64 bits per heavy atom. The number of hydrogen-bond donors (Lipinski definition) is 1. The summed E-state index contributed by atoms with van der Waals surface area (Å²) in [4.78, 5) is 19.9. The summed E-state index contributed by atoms with van der Waals surface area (Å²) in [5.74, 6) is -1.05.